The van der Waals surface area contributed by atoms with Gasteiger partial charge in [0, 0.05) is 44.0 Å². The number of carbonyl (C=O) groups is 1. The smallest absolute Gasteiger partial charge is 0.238 e. The number of ether oxygens (including phenoxy) is 3. The molecular formula is C21H27N3O4. The highest BCUT2D eigenvalue weighted by molar-refractivity contribution is 5.93. The molecule has 0 atom stereocenters. The van der Waals surface area contributed by atoms with Crippen LogP contribution in [0.5, 0.6) is 17.2 Å². The van der Waals surface area contributed by atoms with Crippen molar-refractivity contribution in [1.82, 2.24) is 4.90 Å². The lowest BCUT2D eigenvalue weighted by Gasteiger charge is -2.35. The number of nitrogens with zero attached hydrogens (tertiary/aromatic N) is 2. The Morgan fingerprint density at radius 3 is 2.32 bits per heavy atom. The maximum Gasteiger partial charge on any atom is 0.238 e. The fourth-order valence-electron chi connectivity index (χ4n) is 3.27. The van der Waals surface area contributed by atoms with Gasteiger partial charge in [-0.05, 0) is 24.3 Å². The first-order chi connectivity index (χ1) is 13.6. The van der Waals surface area contributed by atoms with Gasteiger partial charge in [-0.2, -0.15) is 0 Å². The second-order valence-corrected chi connectivity index (χ2v) is 6.58. The number of benzene rings is 2. The van der Waals surface area contributed by atoms with Crippen LogP contribution in [0.25, 0.3) is 0 Å². The van der Waals surface area contributed by atoms with Crippen molar-refractivity contribution in [3.05, 3.63) is 42.5 Å². The second kappa shape index (κ2) is 9.32. The number of nitrogens with one attached hydrogen (secondary N) is 1. The summed E-state index contributed by atoms with van der Waals surface area (Å²) in [6.07, 6.45) is 0. The summed E-state index contributed by atoms with van der Waals surface area (Å²) in [5.41, 5.74) is 1.79. The molecule has 0 aliphatic carbocycles. The highest BCUT2D eigenvalue weighted by Crippen LogP contribution is 2.29. The van der Waals surface area contributed by atoms with E-state index < -0.39 is 0 Å². The van der Waals surface area contributed by atoms with E-state index in [1.807, 2.05) is 18.2 Å². The van der Waals surface area contributed by atoms with Gasteiger partial charge in [-0.1, -0.05) is 6.07 Å². The summed E-state index contributed by atoms with van der Waals surface area (Å²) in [5, 5.41) is 2.93. The molecule has 1 heterocycles. The van der Waals surface area contributed by atoms with Crippen LogP contribution >= 0.6 is 0 Å². The molecule has 2 aromatic carbocycles. The molecule has 1 fully saturated rings. The van der Waals surface area contributed by atoms with Gasteiger partial charge in [0.1, 0.15) is 17.2 Å². The fourth-order valence-corrected chi connectivity index (χ4v) is 3.27. The van der Waals surface area contributed by atoms with E-state index in [9.17, 15) is 4.79 Å². The van der Waals surface area contributed by atoms with Crippen molar-refractivity contribution in [3.8, 4) is 17.2 Å². The zero-order valence-corrected chi connectivity index (χ0v) is 16.6. The van der Waals surface area contributed by atoms with Gasteiger partial charge in [-0.25, -0.2) is 0 Å². The molecule has 0 radical (unpaired) electrons. The highest BCUT2D eigenvalue weighted by Gasteiger charge is 2.20. The van der Waals surface area contributed by atoms with Crippen molar-refractivity contribution in [3.63, 3.8) is 0 Å². The molecule has 2 aromatic rings. The summed E-state index contributed by atoms with van der Waals surface area (Å²) >= 11 is 0. The Kier molecular flexibility index (Phi) is 6.60. The van der Waals surface area contributed by atoms with Crippen LogP contribution in [0.4, 0.5) is 11.4 Å². The van der Waals surface area contributed by atoms with E-state index in [-0.39, 0.29) is 5.91 Å². The van der Waals surface area contributed by atoms with E-state index in [1.54, 1.807) is 39.5 Å². The number of anilines is 2. The Morgan fingerprint density at radius 2 is 1.64 bits per heavy atom. The molecule has 1 N–H and O–H groups in total. The maximum atomic E-state index is 12.5. The Labute approximate surface area is 165 Å². The van der Waals surface area contributed by atoms with Gasteiger partial charge in [0.15, 0.2) is 0 Å². The van der Waals surface area contributed by atoms with E-state index in [0.717, 1.165) is 37.6 Å². The van der Waals surface area contributed by atoms with Crippen LogP contribution in [0.3, 0.4) is 0 Å². The summed E-state index contributed by atoms with van der Waals surface area (Å²) in [7, 11) is 4.84. The van der Waals surface area contributed by atoms with Crippen LogP contribution in [0.15, 0.2) is 42.5 Å². The first-order valence-corrected chi connectivity index (χ1v) is 9.26. The lowest BCUT2D eigenvalue weighted by atomic mass is 10.2. The van der Waals surface area contributed by atoms with E-state index in [4.69, 9.17) is 14.2 Å². The topological polar surface area (TPSA) is 63.3 Å². The van der Waals surface area contributed by atoms with Crippen LogP contribution < -0.4 is 24.4 Å². The molecule has 0 unspecified atom stereocenters. The standard InChI is InChI=1S/C21H27N3O4/c1-26-17-6-4-5-16(13-17)24-11-9-23(10-12-24)15-21(25)22-19-8-7-18(27-2)14-20(19)28-3/h4-8,13-14H,9-12,15H2,1-3H3,(H,22,25). The van der Waals surface area contributed by atoms with Crippen LogP contribution in [0.2, 0.25) is 0 Å². The van der Waals surface area contributed by atoms with Gasteiger partial charge in [0.05, 0.1) is 33.6 Å². The predicted molar refractivity (Wildman–Crippen MR) is 110 cm³/mol. The highest BCUT2D eigenvalue weighted by atomic mass is 16.5. The van der Waals surface area contributed by atoms with Crippen molar-refractivity contribution in [1.29, 1.82) is 0 Å². The minimum atomic E-state index is -0.0571. The number of hydrogen-bond donors (Lipinski definition) is 1. The Morgan fingerprint density at radius 1 is 0.929 bits per heavy atom. The van der Waals surface area contributed by atoms with Crippen LogP contribution in [-0.2, 0) is 4.79 Å². The molecule has 0 aromatic heterocycles. The molecule has 0 saturated carbocycles. The second-order valence-electron chi connectivity index (χ2n) is 6.58. The maximum absolute atomic E-state index is 12.5. The minimum absolute atomic E-state index is 0.0571. The SMILES string of the molecule is COc1cccc(N2CCN(CC(=O)Nc3ccc(OC)cc3OC)CC2)c1. The van der Waals surface area contributed by atoms with E-state index in [1.165, 1.54) is 0 Å². The lowest BCUT2D eigenvalue weighted by molar-refractivity contribution is -0.117. The van der Waals surface area contributed by atoms with Gasteiger partial charge < -0.3 is 24.4 Å². The summed E-state index contributed by atoms with van der Waals surface area (Å²) < 4.78 is 15.8. The normalized spacial score (nSPS) is 14.5. The quantitative estimate of drug-likeness (QED) is 0.790. The Hall–Kier alpha value is -2.93. The number of piperazine rings is 1. The van der Waals surface area contributed by atoms with Gasteiger partial charge in [-0.3, -0.25) is 9.69 Å². The van der Waals surface area contributed by atoms with E-state index >= 15 is 0 Å². The monoisotopic (exact) mass is 385 g/mol. The molecule has 1 aliphatic heterocycles. The van der Waals surface area contributed by atoms with Gasteiger partial charge >= 0.3 is 0 Å². The van der Waals surface area contributed by atoms with Crippen LogP contribution in [-0.4, -0.2) is 64.9 Å². The van der Waals surface area contributed by atoms with Crippen molar-refractivity contribution in [2.24, 2.45) is 0 Å². The number of rotatable bonds is 7. The summed E-state index contributed by atoms with van der Waals surface area (Å²) in [5.74, 6) is 2.06. The number of methoxy groups -OCH3 is 3. The fraction of sp³-hybridized carbons (Fsp3) is 0.381. The third-order valence-electron chi connectivity index (χ3n) is 4.84. The molecule has 0 bridgehead atoms. The van der Waals surface area contributed by atoms with E-state index in [2.05, 4.69) is 21.2 Å². The molecule has 1 amide bonds. The zero-order chi connectivity index (χ0) is 19.9. The van der Waals surface area contributed by atoms with E-state index in [0.29, 0.717) is 23.7 Å². The third kappa shape index (κ3) is 4.86. The Balaban J connectivity index is 1.52. The van der Waals surface area contributed by atoms with Crippen molar-refractivity contribution >= 4 is 17.3 Å². The summed E-state index contributed by atoms with van der Waals surface area (Å²) in [6.45, 7) is 3.73. The molecule has 1 aliphatic rings. The third-order valence-corrected chi connectivity index (χ3v) is 4.84. The number of hydrogen-bond acceptors (Lipinski definition) is 6. The van der Waals surface area contributed by atoms with Gasteiger partial charge in [-0.15, -0.1) is 0 Å². The van der Waals surface area contributed by atoms with Crippen molar-refractivity contribution < 1.29 is 19.0 Å². The largest absolute Gasteiger partial charge is 0.497 e. The molecule has 7 nitrogen and oxygen atoms in total. The predicted octanol–water partition coefficient (Wildman–Crippen LogP) is 2.47. The van der Waals surface area contributed by atoms with Gasteiger partial charge in [0.2, 0.25) is 5.91 Å². The first kappa shape index (κ1) is 19.8. The molecule has 7 heteroatoms. The number of carbonyl (C=O) groups excluding carboxylic acids is 1. The van der Waals surface area contributed by atoms with Crippen molar-refractivity contribution in [2.75, 3.05) is 64.3 Å². The molecule has 0 spiro atoms. The zero-order valence-electron chi connectivity index (χ0n) is 16.6. The Bertz CT molecular complexity index is 804. The lowest BCUT2D eigenvalue weighted by Crippen LogP contribution is -2.48. The first-order valence-electron chi connectivity index (χ1n) is 9.26. The van der Waals surface area contributed by atoms with Crippen molar-refractivity contribution in [2.45, 2.75) is 0 Å². The molecule has 28 heavy (non-hydrogen) atoms. The molecule has 1 saturated heterocycles. The minimum Gasteiger partial charge on any atom is -0.497 e. The van der Waals surface area contributed by atoms with Gasteiger partial charge in [0.25, 0.3) is 0 Å². The molecule has 3 rings (SSSR count). The number of amides is 1. The molecule has 150 valence electrons. The van der Waals surface area contributed by atoms with Crippen LogP contribution in [0.1, 0.15) is 0 Å². The average molecular weight is 385 g/mol. The van der Waals surface area contributed by atoms with Crippen LogP contribution in [0, 0.1) is 0 Å². The average Bonchev–Trinajstić information content (AvgIpc) is 2.74. The summed E-state index contributed by atoms with van der Waals surface area (Å²) in [4.78, 5) is 16.9. The summed E-state index contributed by atoms with van der Waals surface area (Å²) in [6, 6.07) is 13.4. The molecular weight excluding hydrogens is 358 g/mol.